The largest absolute Gasteiger partial charge is 0.445 e. The van der Waals surface area contributed by atoms with E-state index in [1.54, 1.807) is 6.07 Å². The van der Waals surface area contributed by atoms with Crippen LogP contribution >= 0.6 is 0 Å². The molecular formula is C18H18N2O2. The summed E-state index contributed by atoms with van der Waals surface area (Å²) in [5.41, 5.74) is 2.58. The van der Waals surface area contributed by atoms with Gasteiger partial charge < -0.3 is 10.1 Å². The van der Waals surface area contributed by atoms with E-state index in [4.69, 9.17) is 10.00 Å². The van der Waals surface area contributed by atoms with E-state index in [1.165, 1.54) is 0 Å². The van der Waals surface area contributed by atoms with Crippen molar-refractivity contribution in [2.75, 3.05) is 0 Å². The highest BCUT2D eigenvalue weighted by atomic mass is 16.5. The molecule has 4 nitrogen and oxygen atoms in total. The van der Waals surface area contributed by atoms with E-state index >= 15 is 0 Å². The number of nitriles is 1. The molecule has 2 aromatic carbocycles. The molecule has 0 saturated heterocycles. The maximum Gasteiger partial charge on any atom is 0.407 e. The number of benzene rings is 2. The molecule has 0 bridgehead atoms. The SMILES string of the molecule is CC(Cc1cccc(C#N)c1)NC(=O)OCc1ccccc1. The minimum atomic E-state index is -0.437. The van der Waals surface area contributed by atoms with Crippen molar-refractivity contribution in [3.05, 3.63) is 71.3 Å². The first-order valence-electron chi connectivity index (χ1n) is 7.13. The summed E-state index contributed by atoms with van der Waals surface area (Å²) in [6, 6.07) is 18.9. The van der Waals surface area contributed by atoms with Gasteiger partial charge in [-0.2, -0.15) is 5.26 Å². The Labute approximate surface area is 130 Å². The van der Waals surface area contributed by atoms with E-state index in [2.05, 4.69) is 11.4 Å². The van der Waals surface area contributed by atoms with Gasteiger partial charge in [0.05, 0.1) is 11.6 Å². The molecular weight excluding hydrogens is 276 g/mol. The second-order valence-electron chi connectivity index (χ2n) is 5.12. The van der Waals surface area contributed by atoms with Crippen LogP contribution in [-0.2, 0) is 17.8 Å². The van der Waals surface area contributed by atoms with E-state index in [9.17, 15) is 4.79 Å². The average molecular weight is 294 g/mol. The van der Waals surface area contributed by atoms with Gasteiger partial charge in [-0.15, -0.1) is 0 Å². The summed E-state index contributed by atoms with van der Waals surface area (Å²) in [6.45, 7) is 2.16. The van der Waals surface area contributed by atoms with E-state index in [-0.39, 0.29) is 12.6 Å². The van der Waals surface area contributed by atoms with Crippen molar-refractivity contribution in [2.45, 2.75) is 26.0 Å². The average Bonchev–Trinajstić information content (AvgIpc) is 2.54. The number of hydrogen-bond donors (Lipinski definition) is 1. The molecule has 2 aromatic rings. The lowest BCUT2D eigenvalue weighted by molar-refractivity contribution is 0.136. The van der Waals surface area contributed by atoms with Gasteiger partial charge >= 0.3 is 6.09 Å². The molecule has 0 aliphatic carbocycles. The smallest absolute Gasteiger partial charge is 0.407 e. The zero-order chi connectivity index (χ0) is 15.8. The van der Waals surface area contributed by atoms with Crippen LogP contribution in [0.25, 0.3) is 0 Å². The van der Waals surface area contributed by atoms with Crippen LogP contribution in [0.1, 0.15) is 23.6 Å². The van der Waals surface area contributed by atoms with Gasteiger partial charge in [0, 0.05) is 6.04 Å². The van der Waals surface area contributed by atoms with Crippen molar-refractivity contribution in [3.8, 4) is 6.07 Å². The molecule has 22 heavy (non-hydrogen) atoms. The highest BCUT2D eigenvalue weighted by Crippen LogP contribution is 2.07. The highest BCUT2D eigenvalue weighted by molar-refractivity contribution is 5.67. The first-order chi connectivity index (χ1) is 10.7. The fraction of sp³-hybridized carbons (Fsp3) is 0.222. The van der Waals surface area contributed by atoms with Crippen molar-refractivity contribution in [3.63, 3.8) is 0 Å². The number of carbonyl (C=O) groups excluding carboxylic acids is 1. The minimum absolute atomic E-state index is 0.0720. The summed E-state index contributed by atoms with van der Waals surface area (Å²) in [5.74, 6) is 0. The van der Waals surface area contributed by atoms with E-state index in [0.717, 1.165) is 11.1 Å². The number of nitrogens with one attached hydrogen (secondary N) is 1. The summed E-state index contributed by atoms with van der Waals surface area (Å²) < 4.78 is 5.18. The van der Waals surface area contributed by atoms with Gasteiger partial charge in [-0.25, -0.2) is 4.79 Å². The first kappa shape index (κ1) is 15.6. The molecule has 1 atom stereocenters. The molecule has 1 N–H and O–H groups in total. The third kappa shape index (κ3) is 4.95. The van der Waals surface area contributed by atoms with Crippen molar-refractivity contribution in [1.82, 2.24) is 5.32 Å². The van der Waals surface area contributed by atoms with Gasteiger partial charge in [-0.05, 0) is 36.6 Å². The Morgan fingerprint density at radius 1 is 1.18 bits per heavy atom. The summed E-state index contributed by atoms with van der Waals surface area (Å²) >= 11 is 0. The maximum absolute atomic E-state index is 11.8. The Bertz CT molecular complexity index is 662. The lowest BCUT2D eigenvalue weighted by Gasteiger charge is -2.14. The van der Waals surface area contributed by atoms with Crippen LogP contribution in [0, 0.1) is 11.3 Å². The van der Waals surface area contributed by atoms with Crippen LogP contribution in [0.4, 0.5) is 4.79 Å². The predicted molar refractivity (Wildman–Crippen MR) is 84.1 cm³/mol. The monoisotopic (exact) mass is 294 g/mol. The van der Waals surface area contributed by atoms with Crippen molar-refractivity contribution in [1.29, 1.82) is 5.26 Å². The van der Waals surface area contributed by atoms with Crippen LogP contribution in [0.2, 0.25) is 0 Å². The normalized spacial score (nSPS) is 11.3. The fourth-order valence-electron chi connectivity index (χ4n) is 2.14. The number of rotatable bonds is 5. The van der Waals surface area contributed by atoms with Gasteiger partial charge in [0.15, 0.2) is 0 Å². The summed E-state index contributed by atoms with van der Waals surface area (Å²) in [7, 11) is 0. The van der Waals surface area contributed by atoms with Crippen LogP contribution in [0.3, 0.4) is 0 Å². The second kappa shape index (κ2) is 7.84. The van der Waals surface area contributed by atoms with Crippen LogP contribution in [0.15, 0.2) is 54.6 Å². The molecule has 0 heterocycles. The molecule has 1 amide bonds. The van der Waals surface area contributed by atoms with Gasteiger partial charge in [-0.1, -0.05) is 42.5 Å². The van der Waals surface area contributed by atoms with Crippen molar-refractivity contribution in [2.24, 2.45) is 0 Å². The third-order valence-electron chi connectivity index (χ3n) is 3.17. The van der Waals surface area contributed by atoms with Crippen LogP contribution < -0.4 is 5.32 Å². The first-order valence-corrected chi connectivity index (χ1v) is 7.13. The lowest BCUT2D eigenvalue weighted by Crippen LogP contribution is -2.34. The minimum Gasteiger partial charge on any atom is -0.445 e. The Kier molecular flexibility index (Phi) is 5.56. The fourth-order valence-corrected chi connectivity index (χ4v) is 2.14. The Balaban J connectivity index is 1.80. The molecule has 1 unspecified atom stereocenters. The number of carbonyl (C=O) groups is 1. The molecule has 0 saturated carbocycles. The van der Waals surface area contributed by atoms with Crippen LogP contribution in [-0.4, -0.2) is 12.1 Å². The Morgan fingerprint density at radius 2 is 1.91 bits per heavy atom. The van der Waals surface area contributed by atoms with E-state index in [0.29, 0.717) is 12.0 Å². The predicted octanol–water partition coefficient (Wildman–Crippen LogP) is 3.42. The zero-order valence-corrected chi connectivity index (χ0v) is 12.5. The van der Waals surface area contributed by atoms with Gasteiger partial charge in [-0.3, -0.25) is 0 Å². The third-order valence-corrected chi connectivity index (χ3v) is 3.17. The number of amides is 1. The van der Waals surface area contributed by atoms with Crippen LogP contribution in [0.5, 0.6) is 0 Å². The lowest BCUT2D eigenvalue weighted by atomic mass is 10.1. The molecule has 2 rings (SSSR count). The molecule has 0 radical (unpaired) electrons. The second-order valence-corrected chi connectivity index (χ2v) is 5.12. The molecule has 0 aromatic heterocycles. The van der Waals surface area contributed by atoms with Gasteiger partial charge in [0.2, 0.25) is 0 Å². The summed E-state index contributed by atoms with van der Waals surface area (Å²) in [4.78, 5) is 11.8. The summed E-state index contributed by atoms with van der Waals surface area (Å²) in [6.07, 6.45) is 0.212. The molecule has 0 aliphatic heterocycles. The molecule has 4 heteroatoms. The van der Waals surface area contributed by atoms with E-state index in [1.807, 2.05) is 55.5 Å². The molecule has 0 fully saturated rings. The standard InChI is InChI=1S/C18H18N2O2/c1-14(10-16-8-5-9-17(11-16)12-19)20-18(21)22-13-15-6-3-2-4-7-15/h2-9,11,14H,10,13H2,1H3,(H,20,21). The molecule has 112 valence electrons. The quantitative estimate of drug-likeness (QED) is 0.919. The number of ether oxygens (including phenoxy) is 1. The Hall–Kier alpha value is -2.80. The van der Waals surface area contributed by atoms with Gasteiger partial charge in [0.25, 0.3) is 0 Å². The van der Waals surface area contributed by atoms with Gasteiger partial charge in [0.1, 0.15) is 6.61 Å². The number of alkyl carbamates (subject to hydrolysis) is 1. The van der Waals surface area contributed by atoms with Crippen molar-refractivity contribution >= 4 is 6.09 Å². The molecule has 0 spiro atoms. The Morgan fingerprint density at radius 3 is 2.64 bits per heavy atom. The van der Waals surface area contributed by atoms with E-state index < -0.39 is 6.09 Å². The highest BCUT2D eigenvalue weighted by Gasteiger charge is 2.09. The number of nitrogens with zero attached hydrogens (tertiary/aromatic N) is 1. The molecule has 0 aliphatic rings. The summed E-state index contributed by atoms with van der Waals surface area (Å²) in [5, 5.41) is 11.7. The van der Waals surface area contributed by atoms with Crippen molar-refractivity contribution < 1.29 is 9.53 Å². The maximum atomic E-state index is 11.8. The number of hydrogen-bond acceptors (Lipinski definition) is 3. The topological polar surface area (TPSA) is 62.1 Å². The zero-order valence-electron chi connectivity index (χ0n) is 12.5.